The summed E-state index contributed by atoms with van der Waals surface area (Å²) < 4.78 is 0. The first kappa shape index (κ1) is 16.1. The summed E-state index contributed by atoms with van der Waals surface area (Å²) in [5.41, 5.74) is 5.57. The lowest BCUT2D eigenvalue weighted by atomic mass is 9.95. The zero-order valence-corrected chi connectivity index (χ0v) is 14.3. The van der Waals surface area contributed by atoms with E-state index >= 15 is 0 Å². The largest absolute Gasteiger partial charge is 0.310 e. The Bertz CT molecular complexity index is 592. The molecule has 0 saturated heterocycles. The van der Waals surface area contributed by atoms with Crippen LogP contribution in [-0.4, -0.2) is 12.8 Å². The lowest BCUT2D eigenvalue weighted by Gasteiger charge is -2.22. The van der Waals surface area contributed by atoms with Crippen molar-refractivity contribution in [1.29, 1.82) is 0 Å². The number of thioether (sulfide) groups is 1. The zero-order chi connectivity index (χ0) is 15.2. The van der Waals surface area contributed by atoms with E-state index < -0.39 is 0 Å². The average molecular weight is 299 g/mol. The van der Waals surface area contributed by atoms with Gasteiger partial charge in [0.05, 0.1) is 0 Å². The van der Waals surface area contributed by atoms with Crippen LogP contribution in [0.1, 0.15) is 35.2 Å². The highest BCUT2D eigenvalue weighted by Gasteiger charge is 2.15. The molecule has 2 rings (SSSR count). The molecule has 0 aliphatic heterocycles. The van der Waals surface area contributed by atoms with Gasteiger partial charge in [0, 0.05) is 10.9 Å². The molecule has 2 aromatic rings. The third-order valence-electron chi connectivity index (χ3n) is 3.89. The Balaban J connectivity index is 2.33. The molecule has 21 heavy (non-hydrogen) atoms. The van der Waals surface area contributed by atoms with Crippen molar-refractivity contribution in [3.8, 4) is 0 Å². The second kappa shape index (κ2) is 7.67. The first-order valence-electron chi connectivity index (χ1n) is 7.58. The van der Waals surface area contributed by atoms with Gasteiger partial charge in [-0.3, -0.25) is 0 Å². The summed E-state index contributed by atoms with van der Waals surface area (Å²) in [6.07, 6.45) is 3.19. The molecule has 0 aliphatic carbocycles. The van der Waals surface area contributed by atoms with Crippen LogP contribution in [0.15, 0.2) is 47.4 Å². The predicted molar refractivity (Wildman–Crippen MR) is 94.3 cm³/mol. The van der Waals surface area contributed by atoms with Crippen LogP contribution in [0.2, 0.25) is 0 Å². The summed E-state index contributed by atoms with van der Waals surface area (Å²) >= 11 is 1.83. The molecule has 2 aromatic carbocycles. The molecule has 1 nitrogen and oxygen atoms in total. The number of rotatable bonds is 6. The standard InChI is InChI=1S/C19H25NS/c1-5-20-18(17-8-6-7-9-19(17)21-4)13-16-12-14(2)10-11-15(16)3/h6-12,18,20H,5,13H2,1-4H3. The van der Waals surface area contributed by atoms with Crippen LogP contribution in [0.3, 0.4) is 0 Å². The van der Waals surface area contributed by atoms with E-state index in [2.05, 4.69) is 74.8 Å². The molecule has 2 heteroatoms. The molecular formula is C19H25NS. The zero-order valence-electron chi connectivity index (χ0n) is 13.4. The molecule has 0 radical (unpaired) electrons. The molecule has 0 spiro atoms. The monoisotopic (exact) mass is 299 g/mol. The quantitative estimate of drug-likeness (QED) is 0.760. The minimum absolute atomic E-state index is 0.374. The summed E-state index contributed by atoms with van der Waals surface area (Å²) in [5.74, 6) is 0. The fraction of sp³-hybridized carbons (Fsp3) is 0.368. The van der Waals surface area contributed by atoms with E-state index in [-0.39, 0.29) is 0 Å². The Morgan fingerprint density at radius 1 is 1.10 bits per heavy atom. The summed E-state index contributed by atoms with van der Waals surface area (Å²) in [7, 11) is 0. The third-order valence-corrected chi connectivity index (χ3v) is 4.71. The van der Waals surface area contributed by atoms with Gasteiger partial charge < -0.3 is 5.32 Å². The minimum atomic E-state index is 0.374. The van der Waals surface area contributed by atoms with E-state index in [1.54, 1.807) is 0 Å². The second-order valence-electron chi connectivity index (χ2n) is 5.49. The molecule has 0 fully saturated rings. The van der Waals surface area contributed by atoms with Gasteiger partial charge in [0.15, 0.2) is 0 Å². The van der Waals surface area contributed by atoms with Crippen molar-refractivity contribution in [1.82, 2.24) is 5.32 Å². The van der Waals surface area contributed by atoms with Crippen LogP contribution in [-0.2, 0) is 6.42 Å². The highest BCUT2D eigenvalue weighted by atomic mass is 32.2. The summed E-state index contributed by atoms with van der Waals surface area (Å²) in [6.45, 7) is 7.54. The smallest absolute Gasteiger partial charge is 0.0372 e. The van der Waals surface area contributed by atoms with Crippen LogP contribution in [0.25, 0.3) is 0 Å². The van der Waals surface area contributed by atoms with Crippen LogP contribution >= 0.6 is 11.8 Å². The van der Waals surface area contributed by atoms with E-state index in [0.717, 1.165) is 13.0 Å². The molecule has 0 amide bonds. The van der Waals surface area contributed by atoms with Gasteiger partial charge in [0.25, 0.3) is 0 Å². The number of nitrogens with one attached hydrogen (secondary N) is 1. The number of likely N-dealkylation sites (N-methyl/N-ethyl adjacent to an activating group) is 1. The molecule has 0 bridgehead atoms. The SMILES string of the molecule is CCNC(Cc1cc(C)ccc1C)c1ccccc1SC. The molecule has 0 aromatic heterocycles. The van der Waals surface area contributed by atoms with Gasteiger partial charge in [-0.2, -0.15) is 0 Å². The molecule has 0 aliphatic rings. The maximum atomic E-state index is 3.66. The average Bonchev–Trinajstić information content (AvgIpc) is 2.50. The molecule has 112 valence electrons. The molecule has 0 saturated carbocycles. The van der Waals surface area contributed by atoms with Crippen molar-refractivity contribution in [3.05, 3.63) is 64.7 Å². The summed E-state index contributed by atoms with van der Waals surface area (Å²) in [4.78, 5) is 1.37. The van der Waals surface area contributed by atoms with Crippen molar-refractivity contribution in [2.75, 3.05) is 12.8 Å². The van der Waals surface area contributed by atoms with Gasteiger partial charge in [-0.15, -0.1) is 11.8 Å². The van der Waals surface area contributed by atoms with Crippen molar-refractivity contribution < 1.29 is 0 Å². The number of aryl methyl sites for hydroxylation is 2. The molecule has 1 atom stereocenters. The van der Waals surface area contributed by atoms with Gasteiger partial charge in [0.2, 0.25) is 0 Å². The molecular weight excluding hydrogens is 274 g/mol. The Morgan fingerprint density at radius 2 is 1.86 bits per heavy atom. The van der Waals surface area contributed by atoms with E-state index in [0.29, 0.717) is 6.04 Å². The van der Waals surface area contributed by atoms with Crippen LogP contribution < -0.4 is 5.32 Å². The van der Waals surface area contributed by atoms with Gasteiger partial charge in [-0.25, -0.2) is 0 Å². The Morgan fingerprint density at radius 3 is 2.57 bits per heavy atom. The Kier molecular flexibility index (Phi) is 5.89. The normalized spacial score (nSPS) is 12.4. The van der Waals surface area contributed by atoms with Gasteiger partial charge in [0.1, 0.15) is 0 Å². The lowest BCUT2D eigenvalue weighted by Crippen LogP contribution is -2.23. The van der Waals surface area contributed by atoms with Crippen molar-refractivity contribution in [2.45, 2.75) is 38.1 Å². The number of hydrogen-bond acceptors (Lipinski definition) is 2. The first-order valence-corrected chi connectivity index (χ1v) is 8.80. The number of hydrogen-bond donors (Lipinski definition) is 1. The van der Waals surface area contributed by atoms with E-state index in [9.17, 15) is 0 Å². The van der Waals surface area contributed by atoms with Crippen LogP contribution in [0, 0.1) is 13.8 Å². The Labute approximate surface area is 133 Å². The summed E-state index contributed by atoms with van der Waals surface area (Å²) in [6, 6.07) is 15.8. The van der Waals surface area contributed by atoms with Gasteiger partial charge in [-0.05, 0) is 55.8 Å². The fourth-order valence-corrected chi connectivity index (χ4v) is 3.39. The highest BCUT2D eigenvalue weighted by molar-refractivity contribution is 7.98. The van der Waals surface area contributed by atoms with Crippen molar-refractivity contribution in [3.63, 3.8) is 0 Å². The summed E-state index contributed by atoms with van der Waals surface area (Å²) in [5, 5.41) is 3.66. The molecule has 0 heterocycles. The van der Waals surface area contributed by atoms with E-state index in [1.165, 1.54) is 27.1 Å². The predicted octanol–water partition coefficient (Wildman–Crippen LogP) is 4.92. The van der Waals surface area contributed by atoms with Gasteiger partial charge >= 0.3 is 0 Å². The third kappa shape index (κ3) is 4.12. The van der Waals surface area contributed by atoms with Gasteiger partial charge in [-0.1, -0.05) is 48.9 Å². The van der Waals surface area contributed by atoms with Crippen molar-refractivity contribution >= 4 is 11.8 Å². The van der Waals surface area contributed by atoms with E-state index in [4.69, 9.17) is 0 Å². The highest BCUT2D eigenvalue weighted by Crippen LogP contribution is 2.29. The maximum absolute atomic E-state index is 3.66. The van der Waals surface area contributed by atoms with Crippen molar-refractivity contribution in [2.24, 2.45) is 0 Å². The lowest BCUT2D eigenvalue weighted by molar-refractivity contribution is 0.541. The minimum Gasteiger partial charge on any atom is -0.310 e. The Hall–Kier alpha value is -1.25. The fourth-order valence-electron chi connectivity index (χ4n) is 2.73. The van der Waals surface area contributed by atoms with Crippen LogP contribution in [0.5, 0.6) is 0 Å². The number of benzene rings is 2. The topological polar surface area (TPSA) is 12.0 Å². The van der Waals surface area contributed by atoms with Crippen LogP contribution in [0.4, 0.5) is 0 Å². The second-order valence-corrected chi connectivity index (χ2v) is 6.33. The first-order chi connectivity index (χ1) is 10.2. The molecule has 1 N–H and O–H groups in total. The van der Waals surface area contributed by atoms with E-state index in [1.807, 2.05) is 11.8 Å². The maximum Gasteiger partial charge on any atom is 0.0372 e. The molecule has 1 unspecified atom stereocenters.